The van der Waals surface area contributed by atoms with E-state index in [1.54, 1.807) is 11.3 Å². The summed E-state index contributed by atoms with van der Waals surface area (Å²) in [7, 11) is 0. The predicted molar refractivity (Wildman–Crippen MR) is 80.6 cm³/mol. The van der Waals surface area contributed by atoms with Crippen LogP contribution in [0.1, 0.15) is 51.5 Å². The lowest BCUT2D eigenvalue weighted by molar-refractivity contribution is 0.0791. The number of aryl methyl sites for hydroxylation is 1. The van der Waals surface area contributed by atoms with Crippen LogP contribution in [0.2, 0.25) is 0 Å². The number of hydrogen-bond donors (Lipinski definition) is 0. The number of carbonyl (C=O) groups is 1. The molecule has 1 aliphatic heterocycles. The molecule has 1 atom stereocenters. The van der Waals surface area contributed by atoms with Crippen molar-refractivity contribution >= 4 is 17.2 Å². The van der Waals surface area contributed by atoms with Crippen LogP contribution in [0.5, 0.6) is 0 Å². The highest BCUT2D eigenvalue weighted by Gasteiger charge is 2.31. The summed E-state index contributed by atoms with van der Waals surface area (Å²) in [6, 6.07) is 4.20. The Kier molecular flexibility index (Phi) is 3.06. The first-order chi connectivity index (χ1) is 10.2. The van der Waals surface area contributed by atoms with Crippen molar-refractivity contribution in [2.24, 2.45) is 0 Å². The van der Waals surface area contributed by atoms with Gasteiger partial charge in [0.1, 0.15) is 0 Å². The van der Waals surface area contributed by atoms with E-state index < -0.39 is 0 Å². The van der Waals surface area contributed by atoms with Crippen molar-refractivity contribution in [3.8, 4) is 0 Å². The Labute approximate surface area is 127 Å². The quantitative estimate of drug-likeness (QED) is 0.875. The van der Waals surface area contributed by atoms with Gasteiger partial charge in [-0.25, -0.2) is 4.68 Å². The monoisotopic (exact) mass is 302 g/mol. The Balaban J connectivity index is 1.45. The molecule has 4 rings (SSSR count). The van der Waals surface area contributed by atoms with Crippen LogP contribution in [-0.2, 0) is 0 Å². The summed E-state index contributed by atoms with van der Waals surface area (Å²) >= 11 is 1.57. The van der Waals surface area contributed by atoms with Crippen LogP contribution in [0, 0.1) is 6.92 Å². The molecule has 3 heterocycles. The fourth-order valence-electron chi connectivity index (χ4n) is 2.88. The van der Waals surface area contributed by atoms with Crippen molar-refractivity contribution in [2.45, 2.75) is 38.1 Å². The number of amides is 1. The standard InChI is InChI=1S/C15H18N4OS/c1-10-2-5-14(21-10)15(20)18-7-6-12(8-18)19-9-13(16-17-19)11-3-4-11/h2,5,9,11-12H,3-4,6-8H2,1H3. The second kappa shape index (κ2) is 4.94. The average molecular weight is 302 g/mol. The van der Waals surface area contributed by atoms with Gasteiger partial charge in [0.2, 0.25) is 0 Å². The molecule has 2 fully saturated rings. The largest absolute Gasteiger partial charge is 0.336 e. The van der Waals surface area contributed by atoms with Crippen molar-refractivity contribution in [1.29, 1.82) is 0 Å². The van der Waals surface area contributed by atoms with Crippen LogP contribution in [0.15, 0.2) is 18.3 Å². The van der Waals surface area contributed by atoms with E-state index in [4.69, 9.17) is 0 Å². The molecule has 2 aliphatic rings. The third-order valence-electron chi connectivity index (χ3n) is 4.30. The minimum atomic E-state index is 0.151. The molecule has 21 heavy (non-hydrogen) atoms. The first kappa shape index (κ1) is 13.0. The molecule has 1 unspecified atom stereocenters. The third-order valence-corrected chi connectivity index (χ3v) is 5.29. The summed E-state index contributed by atoms with van der Waals surface area (Å²) < 4.78 is 1.96. The summed E-state index contributed by atoms with van der Waals surface area (Å²) in [6.07, 6.45) is 5.52. The smallest absolute Gasteiger partial charge is 0.264 e. The summed E-state index contributed by atoms with van der Waals surface area (Å²) in [5.41, 5.74) is 1.12. The summed E-state index contributed by atoms with van der Waals surface area (Å²) in [5, 5.41) is 8.53. The molecule has 1 aliphatic carbocycles. The maximum atomic E-state index is 12.5. The van der Waals surface area contributed by atoms with Crippen LogP contribution in [0.25, 0.3) is 0 Å². The second-order valence-corrected chi connectivity index (χ2v) is 7.29. The van der Waals surface area contributed by atoms with Crippen LogP contribution < -0.4 is 0 Å². The summed E-state index contributed by atoms with van der Waals surface area (Å²) in [4.78, 5) is 16.4. The Morgan fingerprint density at radius 3 is 2.90 bits per heavy atom. The SMILES string of the molecule is Cc1ccc(C(=O)N2CCC(n3cc(C4CC4)nn3)C2)s1. The normalized spacial score (nSPS) is 22.0. The maximum absolute atomic E-state index is 12.5. The number of nitrogens with zero attached hydrogens (tertiary/aromatic N) is 4. The summed E-state index contributed by atoms with van der Waals surface area (Å²) in [5.74, 6) is 0.783. The fourth-order valence-corrected chi connectivity index (χ4v) is 3.72. The van der Waals surface area contributed by atoms with Gasteiger partial charge >= 0.3 is 0 Å². The van der Waals surface area contributed by atoms with E-state index in [1.165, 1.54) is 17.7 Å². The number of aromatic nitrogens is 3. The van der Waals surface area contributed by atoms with Crippen LogP contribution >= 0.6 is 11.3 Å². The molecule has 1 amide bonds. The van der Waals surface area contributed by atoms with E-state index in [9.17, 15) is 4.79 Å². The first-order valence-corrected chi connectivity index (χ1v) is 8.30. The van der Waals surface area contributed by atoms with Crippen molar-refractivity contribution in [1.82, 2.24) is 19.9 Å². The van der Waals surface area contributed by atoms with Crippen molar-refractivity contribution in [2.75, 3.05) is 13.1 Å². The molecule has 1 saturated carbocycles. The molecular formula is C15H18N4OS. The topological polar surface area (TPSA) is 51.0 Å². The van der Waals surface area contributed by atoms with Crippen molar-refractivity contribution in [3.63, 3.8) is 0 Å². The van der Waals surface area contributed by atoms with Gasteiger partial charge in [-0.3, -0.25) is 4.79 Å². The molecule has 5 nitrogen and oxygen atoms in total. The van der Waals surface area contributed by atoms with E-state index in [1.807, 2.05) is 28.6 Å². The lowest BCUT2D eigenvalue weighted by Gasteiger charge is -2.15. The average Bonchev–Trinajstić information content (AvgIpc) is 2.94. The maximum Gasteiger partial charge on any atom is 0.264 e. The van der Waals surface area contributed by atoms with Crippen molar-refractivity contribution < 1.29 is 4.79 Å². The zero-order chi connectivity index (χ0) is 14.4. The van der Waals surface area contributed by atoms with Crippen molar-refractivity contribution in [3.05, 3.63) is 33.8 Å². The lowest BCUT2D eigenvalue weighted by atomic mass is 10.2. The van der Waals surface area contributed by atoms with Gasteiger partial charge in [-0.15, -0.1) is 16.4 Å². The highest BCUT2D eigenvalue weighted by molar-refractivity contribution is 7.13. The van der Waals surface area contributed by atoms with Crippen LogP contribution in [-0.4, -0.2) is 38.9 Å². The van der Waals surface area contributed by atoms with Gasteiger partial charge in [0.05, 0.1) is 16.6 Å². The molecule has 6 heteroatoms. The van der Waals surface area contributed by atoms with Gasteiger partial charge in [0, 0.05) is 30.1 Å². The Hall–Kier alpha value is -1.69. The lowest BCUT2D eigenvalue weighted by Crippen LogP contribution is -2.28. The minimum Gasteiger partial charge on any atom is -0.336 e. The first-order valence-electron chi connectivity index (χ1n) is 7.48. The molecule has 1 saturated heterocycles. The molecule has 0 bridgehead atoms. The zero-order valence-electron chi connectivity index (χ0n) is 12.0. The molecule has 0 radical (unpaired) electrons. The van der Waals surface area contributed by atoms with Gasteiger partial charge in [-0.05, 0) is 38.3 Å². The van der Waals surface area contributed by atoms with E-state index in [-0.39, 0.29) is 11.9 Å². The molecule has 2 aromatic heterocycles. The van der Waals surface area contributed by atoms with Gasteiger partial charge in [0.15, 0.2) is 0 Å². The Bertz CT molecular complexity index is 673. The number of likely N-dealkylation sites (tertiary alicyclic amines) is 1. The van der Waals surface area contributed by atoms with E-state index >= 15 is 0 Å². The summed E-state index contributed by atoms with van der Waals surface area (Å²) in [6.45, 7) is 3.57. The number of thiophene rings is 1. The van der Waals surface area contributed by atoms with Crippen LogP contribution in [0.4, 0.5) is 0 Å². The molecule has 0 aromatic carbocycles. The highest BCUT2D eigenvalue weighted by Crippen LogP contribution is 2.39. The fraction of sp³-hybridized carbons (Fsp3) is 0.533. The molecule has 0 N–H and O–H groups in total. The van der Waals surface area contributed by atoms with Gasteiger partial charge in [-0.2, -0.15) is 0 Å². The van der Waals surface area contributed by atoms with Gasteiger partial charge in [0.25, 0.3) is 5.91 Å². The molecule has 110 valence electrons. The third kappa shape index (κ3) is 2.48. The second-order valence-electron chi connectivity index (χ2n) is 6.00. The zero-order valence-corrected chi connectivity index (χ0v) is 12.8. The van der Waals surface area contributed by atoms with Gasteiger partial charge in [-0.1, -0.05) is 5.21 Å². The number of hydrogen-bond acceptors (Lipinski definition) is 4. The van der Waals surface area contributed by atoms with E-state index in [0.29, 0.717) is 5.92 Å². The van der Waals surface area contributed by atoms with Crippen LogP contribution in [0.3, 0.4) is 0 Å². The highest BCUT2D eigenvalue weighted by atomic mass is 32.1. The Morgan fingerprint density at radius 2 is 2.19 bits per heavy atom. The predicted octanol–water partition coefficient (Wildman–Crippen LogP) is 2.61. The van der Waals surface area contributed by atoms with E-state index in [0.717, 1.165) is 30.1 Å². The number of rotatable bonds is 3. The molecule has 2 aromatic rings. The van der Waals surface area contributed by atoms with E-state index in [2.05, 4.69) is 16.5 Å². The van der Waals surface area contributed by atoms with Gasteiger partial charge < -0.3 is 4.90 Å². The molecule has 0 spiro atoms. The minimum absolute atomic E-state index is 0.151. The number of carbonyl (C=O) groups excluding carboxylic acids is 1. The molecular weight excluding hydrogens is 284 g/mol. The Morgan fingerprint density at radius 1 is 1.33 bits per heavy atom.